The summed E-state index contributed by atoms with van der Waals surface area (Å²) in [5, 5.41) is 0.486. The molecule has 1 heterocycles. The number of nitrogens with zero attached hydrogens (tertiary/aromatic N) is 2. The van der Waals surface area contributed by atoms with Crippen molar-refractivity contribution in [2.75, 3.05) is 25.5 Å². The lowest BCUT2D eigenvalue weighted by molar-refractivity contribution is 0.0986. The van der Waals surface area contributed by atoms with Gasteiger partial charge in [-0.3, -0.25) is 4.79 Å². The molecule has 0 radical (unpaired) electrons. The Bertz CT molecular complexity index is 977. The number of rotatable bonds is 3. The Morgan fingerprint density at radius 1 is 1.22 bits per heavy atom. The molecule has 0 aromatic heterocycles. The molecule has 0 fully saturated rings. The summed E-state index contributed by atoms with van der Waals surface area (Å²) in [4.78, 5) is 16.0. The molecule has 0 spiro atoms. The minimum Gasteiger partial charge on any atom is -0.307 e. The van der Waals surface area contributed by atoms with Crippen LogP contribution in [0.4, 0.5) is 5.69 Å². The first-order valence-corrected chi connectivity index (χ1v) is 11.2. The molecule has 0 saturated heterocycles. The number of hydrogen-bond acceptors (Lipinski definition) is 4. The van der Waals surface area contributed by atoms with E-state index in [1.165, 1.54) is 26.2 Å². The fourth-order valence-electron chi connectivity index (χ4n) is 2.88. The molecular formula is C19H21ClN2O3S2. The van der Waals surface area contributed by atoms with Gasteiger partial charge in [0.05, 0.1) is 10.7 Å². The van der Waals surface area contributed by atoms with E-state index in [1.54, 1.807) is 22.7 Å². The van der Waals surface area contributed by atoms with Gasteiger partial charge in [0.25, 0.3) is 5.91 Å². The van der Waals surface area contributed by atoms with Gasteiger partial charge >= 0.3 is 0 Å². The molecule has 1 atom stereocenters. The Kier molecular flexibility index (Phi) is 5.86. The molecule has 27 heavy (non-hydrogen) atoms. The number of benzene rings is 2. The number of hydrogen-bond donors (Lipinski definition) is 0. The van der Waals surface area contributed by atoms with Crippen molar-refractivity contribution >= 4 is 45.0 Å². The van der Waals surface area contributed by atoms with Crippen molar-refractivity contribution in [3.05, 3.63) is 53.1 Å². The average molecular weight is 425 g/mol. The maximum Gasteiger partial charge on any atom is 0.258 e. The van der Waals surface area contributed by atoms with Gasteiger partial charge in [-0.05, 0) is 36.8 Å². The average Bonchev–Trinajstić information content (AvgIpc) is 2.79. The number of carbonyl (C=O) groups is 1. The molecule has 8 heteroatoms. The topological polar surface area (TPSA) is 57.7 Å². The summed E-state index contributed by atoms with van der Waals surface area (Å²) in [6.45, 7) is 2.71. The van der Waals surface area contributed by atoms with Crippen molar-refractivity contribution in [2.24, 2.45) is 0 Å². The van der Waals surface area contributed by atoms with Crippen LogP contribution in [-0.4, -0.2) is 44.5 Å². The summed E-state index contributed by atoms with van der Waals surface area (Å²) in [6, 6.07) is 12.2. The highest BCUT2D eigenvalue weighted by Gasteiger charge is 2.27. The number of amides is 1. The minimum atomic E-state index is -3.74. The van der Waals surface area contributed by atoms with E-state index in [2.05, 4.69) is 6.92 Å². The van der Waals surface area contributed by atoms with Gasteiger partial charge in [0, 0.05) is 36.3 Å². The molecule has 2 aromatic carbocycles. The van der Waals surface area contributed by atoms with Crippen LogP contribution >= 0.6 is 23.4 Å². The van der Waals surface area contributed by atoms with Crippen LogP contribution in [0.3, 0.4) is 0 Å². The highest BCUT2D eigenvalue weighted by atomic mass is 35.5. The fourth-order valence-corrected chi connectivity index (χ4v) is 5.39. The van der Waals surface area contributed by atoms with Gasteiger partial charge in [-0.15, -0.1) is 11.8 Å². The quantitative estimate of drug-likeness (QED) is 0.743. The summed E-state index contributed by atoms with van der Waals surface area (Å²) in [5.74, 6) is -0.232. The van der Waals surface area contributed by atoms with E-state index in [4.69, 9.17) is 11.6 Å². The van der Waals surface area contributed by atoms with Gasteiger partial charge < -0.3 is 4.90 Å². The predicted molar refractivity (Wildman–Crippen MR) is 110 cm³/mol. The van der Waals surface area contributed by atoms with E-state index in [0.717, 1.165) is 21.3 Å². The van der Waals surface area contributed by atoms with Gasteiger partial charge in [0.15, 0.2) is 0 Å². The molecule has 5 nitrogen and oxygen atoms in total. The SMILES string of the molecule is CC1CCN(C(=O)c2ccc(Cl)c(S(=O)(=O)N(C)C)c2)c2ccccc2S1. The Morgan fingerprint density at radius 3 is 2.63 bits per heavy atom. The van der Waals surface area contributed by atoms with E-state index >= 15 is 0 Å². The number of fused-ring (bicyclic) bond motifs is 1. The van der Waals surface area contributed by atoms with E-state index in [1.807, 2.05) is 24.3 Å². The lowest BCUT2D eigenvalue weighted by atomic mass is 10.1. The number of halogens is 1. The molecule has 1 aliphatic heterocycles. The number of thioether (sulfide) groups is 1. The lowest BCUT2D eigenvalue weighted by Gasteiger charge is -2.23. The molecule has 0 aliphatic carbocycles. The summed E-state index contributed by atoms with van der Waals surface area (Å²) in [7, 11) is -0.876. The van der Waals surface area contributed by atoms with Gasteiger partial charge in [0.2, 0.25) is 10.0 Å². The first-order chi connectivity index (χ1) is 12.7. The maximum atomic E-state index is 13.2. The second-order valence-corrected chi connectivity index (χ2v) is 10.6. The molecule has 1 amide bonds. The Morgan fingerprint density at radius 2 is 1.93 bits per heavy atom. The molecule has 3 rings (SSSR count). The van der Waals surface area contributed by atoms with Crippen molar-refractivity contribution in [3.8, 4) is 0 Å². The predicted octanol–water partition coefficient (Wildman–Crippen LogP) is 4.12. The molecule has 0 N–H and O–H groups in total. The summed E-state index contributed by atoms with van der Waals surface area (Å²) in [5.41, 5.74) is 1.15. The third-order valence-corrected chi connectivity index (χ3v) is 7.96. The highest BCUT2D eigenvalue weighted by Crippen LogP contribution is 2.38. The van der Waals surface area contributed by atoms with Crippen molar-refractivity contribution in [2.45, 2.75) is 28.4 Å². The van der Waals surface area contributed by atoms with Crippen LogP contribution in [0.15, 0.2) is 52.3 Å². The summed E-state index contributed by atoms with van der Waals surface area (Å²) < 4.78 is 26.1. The molecule has 1 unspecified atom stereocenters. The van der Waals surface area contributed by atoms with Gasteiger partial charge in [-0.25, -0.2) is 12.7 Å². The Balaban J connectivity index is 2.04. The zero-order chi connectivity index (χ0) is 19.8. The Hall–Kier alpha value is -1.54. The van der Waals surface area contributed by atoms with Gasteiger partial charge in [-0.2, -0.15) is 0 Å². The van der Waals surface area contributed by atoms with E-state index < -0.39 is 10.0 Å². The fraction of sp³-hybridized carbons (Fsp3) is 0.316. The third kappa shape index (κ3) is 4.01. The lowest BCUT2D eigenvalue weighted by Crippen LogP contribution is -2.32. The molecule has 0 saturated carbocycles. The molecule has 1 aliphatic rings. The number of sulfonamides is 1. The first-order valence-electron chi connectivity index (χ1n) is 8.51. The van der Waals surface area contributed by atoms with Crippen LogP contribution in [0.5, 0.6) is 0 Å². The van der Waals surface area contributed by atoms with Crippen molar-refractivity contribution < 1.29 is 13.2 Å². The van der Waals surface area contributed by atoms with Crippen LogP contribution in [-0.2, 0) is 10.0 Å². The number of para-hydroxylation sites is 1. The molecule has 144 valence electrons. The zero-order valence-corrected chi connectivity index (χ0v) is 17.7. The van der Waals surface area contributed by atoms with Crippen LogP contribution in [0.1, 0.15) is 23.7 Å². The Labute approximate surface area is 169 Å². The standard InChI is InChI=1S/C19H21ClN2O3S2/c1-13-10-11-22(16-6-4-5-7-17(16)26-13)19(23)14-8-9-15(20)18(12-14)27(24,25)21(2)3/h4-9,12-13H,10-11H2,1-3H3. The summed E-state index contributed by atoms with van der Waals surface area (Å²) in [6.07, 6.45) is 0.849. The second-order valence-electron chi connectivity index (χ2n) is 6.57. The van der Waals surface area contributed by atoms with Gasteiger partial charge in [-0.1, -0.05) is 30.7 Å². The number of carbonyl (C=O) groups excluding carboxylic acids is 1. The molecule has 0 bridgehead atoms. The first kappa shape index (κ1) is 20.2. The second kappa shape index (κ2) is 7.83. The van der Waals surface area contributed by atoms with E-state index in [0.29, 0.717) is 17.4 Å². The zero-order valence-electron chi connectivity index (χ0n) is 15.3. The smallest absolute Gasteiger partial charge is 0.258 e. The van der Waals surface area contributed by atoms with Crippen molar-refractivity contribution in [1.82, 2.24) is 4.31 Å². The monoisotopic (exact) mass is 424 g/mol. The molecule has 2 aromatic rings. The van der Waals surface area contributed by atoms with Crippen LogP contribution in [0.2, 0.25) is 5.02 Å². The van der Waals surface area contributed by atoms with E-state index in [9.17, 15) is 13.2 Å². The largest absolute Gasteiger partial charge is 0.307 e. The van der Waals surface area contributed by atoms with E-state index in [-0.39, 0.29) is 15.8 Å². The third-order valence-electron chi connectivity index (χ3n) is 4.43. The van der Waals surface area contributed by atoms with Crippen LogP contribution in [0.25, 0.3) is 0 Å². The van der Waals surface area contributed by atoms with Crippen molar-refractivity contribution in [1.29, 1.82) is 0 Å². The van der Waals surface area contributed by atoms with Crippen LogP contribution < -0.4 is 4.90 Å². The molecular weight excluding hydrogens is 404 g/mol. The van der Waals surface area contributed by atoms with Gasteiger partial charge in [0.1, 0.15) is 4.90 Å². The van der Waals surface area contributed by atoms with Crippen molar-refractivity contribution in [3.63, 3.8) is 0 Å². The number of anilines is 1. The normalized spacial score (nSPS) is 17.5. The minimum absolute atomic E-state index is 0.0640. The summed E-state index contributed by atoms with van der Waals surface area (Å²) >= 11 is 7.85. The highest BCUT2D eigenvalue weighted by molar-refractivity contribution is 8.00. The maximum absolute atomic E-state index is 13.2. The van der Waals surface area contributed by atoms with Crippen LogP contribution in [0, 0.1) is 0 Å².